The Balaban J connectivity index is 1.32. The molecule has 0 saturated carbocycles. The lowest BCUT2D eigenvalue weighted by atomic mass is 9.96. The first-order valence-electron chi connectivity index (χ1n) is 15.9. The van der Waals surface area contributed by atoms with Gasteiger partial charge in [0.25, 0.3) is 0 Å². The summed E-state index contributed by atoms with van der Waals surface area (Å²) in [7, 11) is 0. The number of H-pyrrole nitrogens is 1. The Bertz CT molecular complexity index is 1330. The minimum atomic E-state index is -1.56. The van der Waals surface area contributed by atoms with Crippen LogP contribution in [0.1, 0.15) is 68.8 Å². The number of rotatable bonds is 13. The van der Waals surface area contributed by atoms with Crippen LogP contribution in [0.15, 0.2) is 18.2 Å². The lowest BCUT2D eigenvalue weighted by Gasteiger charge is -2.39. The number of aliphatic hydroxyl groups excluding tert-OH is 4. The van der Waals surface area contributed by atoms with E-state index in [1.807, 2.05) is 39.0 Å². The molecule has 5 atom stereocenters. The highest BCUT2D eigenvalue weighted by molar-refractivity contribution is 5.90. The minimum Gasteiger partial charge on any atom is -0.494 e. The number of ether oxygens (including phenoxy) is 3. The molecule has 1 aromatic carbocycles. The monoisotopic (exact) mass is 647 g/mol. The number of aryl methyl sites for hydroxylation is 1. The third-order valence-electron chi connectivity index (χ3n) is 8.40. The molecule has 14 nitrogen and oxygen atoms in total. The number of aliphatic hydroxyl groups is 4. The van der Waals surface area contributed by atoms with Crippen LogP contribution < -0.4 is 20.1 Å². The average molecular weight is 648 g/mol. The van der Waals surface area contributed by atoms with Crippen molar-refractivity contribution in [2.45, 2.75) is 96.0 Å². The number of carbonyl (C=O) groups excluding carboxylic acids is 2. The molecule has 2 amide bonds. The van der Waals surface area contributed by atoms with Crippen molar-refractivity contribution < 1.29 is 44.2 Å². The van der Waals surface area contributed by atoms with Crippen molar-refractivity contribution in [3.8, 4) is 11.6 Å². The Morgan fingerprint density at radius 2 is 1.87 bits per heavy atom. The standard InChI is InChI=1S/C32H49N5O9/c1-18(2)25-22(29(36-35-25)46-30-28(42)27(41)26(40)23(17-38)45-30)16-20-8-9-21(15-19(20)3)44-14-6-7-24(39)34-32(4,5)31(43)37-12-10-33-11-13-37/h8-9,15,18,23,26-28,30,33,38,40-42H,6-7,10-14,16-17H2,1-5H3,(H,34,39)(H,35,36)/t23-,26-,27+,28-,30+/m1/s1. The number of hydrogen-bond acceptors (Lipinski definition) is 11. The number of hydrogen-bond donors (Lipinski definition) is 7. The van der Waals surface area contributed by atoms with Gasteiger partial charge in [-0.05, 0) is 56.4 Å². The van der Waals surface area contributed by atoms with Gasteiger partial charge in [-0.15, -0.1) is 5.10 Å². The maximum absolute atomic E-state index is 12.9. The first-order valence-corrected chi connectivity index (χ1v) is 15.9. The molecule has 3 heterocycles. The molecule has 0 radical (unpaired) electrons. The lowest BCUT2D eigenvalue weighted by molar-refractivity contribution is -0.278. The zero-order valence-electron chi connectivity index (χ0n) is 27.3. The summed E-state index contributed by atoms with van der Waals surface area (Å²) in [5.74, 6) is 0.624. The fraction of sp³-hybridized carbons (Fsp3) is 0.656. The highest BCUT2D eigenvalue weighted by Gasteiger charge is 2.45. The van der Waals surface area contributed by atoms with E-state index in [0.717, 1.165) is 35.5 Å². The number of nitrogens with zero attached hydrogens (tertiary/aromatic N) is 2. The van der Waals surface area contributed by atoms with Crippen LogP contribution in [0.3, 0.4) is 0 Å². The Morgan fingerprint density at radius 1 is 1.15 bits per heavy atom. The molecule has 2 aliphatic heterocycles. The molecule has 2 aromatic rings. The first-order chi connectivity index (χ1) is 21.8. The van der Waals surface area contributed by atoms with E-state index in [0.29, 0.717) is 38.3 Å². The number of amides is 2. The van der Waals surface area contributed by atoms with Gasteiger partial charge in [-0.3, -0.25) is 14.7 Å². The summed E-state index contributed by atoms with van der Waals surface area (Å²) in [6.07, 6.45) is -5.92. The molecule has 0 unspecified atom stereocenters. The molecule has 2 saturated heterocycles. The van der Waals surface area contributed by atoms with Gasteiger partial charge in [0.1, 0.15) is 35.7 Å². The number of aromatic nitrogens is 2. The SMILES string of the molecule is Cc1cc(OCCCC(=O)NC(C)(C)C(=O)N2CCNCC2)ccc1Cc1c(O[C@@H]2O[C@H](CO)[C@@H](O)[C@H](O)[C@H]2O)n[nH]c1C(C)C. The van der Waals surface area contributed by atoms with Crippen molar-refractivity contribution in [3.63, 3.8) is 0 Å². The maximum atomic E-state index is 12.9. The average Bonchev–Trinajstić information content (AvgIpc) is 3.42. The quantitative estimate of drug-likeness (QED) is 0.146. The maximum Gasteiger partial charge on any atom is 0.247 e. The fourth-order valence-corrected chi connectivity index (χ4v) is 5.68. The molecule has 0 spiro atoms. The minimum absolute atomic E-state index is 0.0699. The normalized spacial score (nSPS) is 23.8. The molecule has 1 aromatic heterocycles. The van der Waals surface area contributed by atoms with Crippen molar-refractivity contribution in [2.75, 3.05) is 39.4 Å². The van der Waals surface area contributed by atoms with Crippen LogP contribution in [-0.2, 0) is 20.7 Å². The molecule has 2 aliphatic rings. The predicted octanol–water partition coefficient (Wildman–Crippen LogP) is 0.0966. The van der Waals surface area contributed by atoms with E-state index in [4.69, 9.17) is 14.2 Å². The number of aromatic amines is 1. The Labute approximate surface area is 269 Å². The third-order valence-corrected chi connectivity index (χ3v) is 8.40. The second-order valence-corrected chi connectivity index (χ2v) is 12.8. The van der Waals surface area contributed by atoms with Crippen LogP contribution in [0.25, 0.3) is 0 Å². The van der Waals surface area contributed by atoms with E-state index in [9.17, 15) is 30.0 Å². The molecule has 46 heavy (non-hydrogen) atoms. The van der Waals surface area contributed by atoms with E-state index in [2.05, 4.69) is 20.8 Å². The van der Waals surface area contributed by atoms with Gasteiger partial charge in [0.05, 0.1) is 13.2 Å². The van der Waals surface area contributed by atoms with Gasteiger partial charge < -0.3 is 50.2 Å². The Morgan fingerprint density at radius 3 is 2.52 bits per heavy atom. The summed E-state index contributed by atoms with van der Waals surface area (Å²) >= 11 is 0. The summed E-state index contributed by atoms with van der Waals surface area (Å²) in [5.41, 5.74) is 2.53. The van der Waals surface area contributed by atoms with Gasteiger partial charge in [-0.2, -0.15) is 0 Å². The highest BCUT2D eigenvalue weighted by Crippen LogP contribution is 2.32. The van der Waals surface area contributed by atoms with Gasteiger partial charge in [-0.25, -0.2) is 0 Å². The van der Waals surface area contributed by atoms with E-state index in [1.54, 1.807) is 18.7 Å². The van der Waals surface area contributed by atoms with Gasteiger partial charge in [0.15, 0.2) is 0 Å². The lowest BCUT2D eigenvalue weighted by Crippen LogP contribution is -2.60. The van der Waals surface area contributed by atoms with Gasteiger partial charge in [0, 0.05) is 50.3 Å². The summed E-state index contributed by atoms with van der Waals surface area (Å²) in [5, 5.41) is 53.6. The largest absolute Gasteiger partial charge is 0.494 e. The number of piperazine rings is 1. The van der Waals surface area contributed by atoms with Gasteiger partial charge >= 0.3 is 0 Å². The smallest absolute Gasteiger partial charge is 0.247 e. The fourth-order valence-electron chi connectivity index (χ4n) is 5.68. The van der Waals surface area contributed by atoms with Crippen LogP contribution in [0.5, 0.6) is 11.6 Å². The molecule has 14 heteroatoms. The molecule has 0 aliphatic carbocycles. The van der Waals surface area contributed by atoms with Crippen LogP contribution in [-0.4, -0.2) is 123 Å². The zero-order chi connectivity index (χ0) is 33.6. The molecule has 4 rings (SSSR count). The van der Waals surface area contributed by atoms with Crippen LogP contribution in [0, 0.1) is 6.92 Å². The van der Waals surface area contributed by atoms with Gasteiger partial charge in [-0.1, -0.05) is 19.9 Å². The Hall–Kier alpha value is -3.27. The van der Waals surface area contributed by atoms with E-state index in [-0.39, 0.29) is 30.0 Å². The molecule has 2 fully saturated rings. The van der Waals surface area contributed by atoms with E-state index < -0.39 is 42.9 Å². The van der Waals surface area contributed by atoms with Crippen molar-refractivity contribution in [2.24, 2.45) is 0 Å². The van der Waals surface area contributed by atoms with Crippen molar-refractivity contribution >= 4 is 11.8 Å². The topological polar surface area (TPSA) is 199 Å². The molecular formula is C32H49N5O9. The van der Waals surface area contributed by atoms with Crippen LogP contribution in [0.4, 0.5) is 0 Å². The second-order valence-electron chi connectivity index (χ2n) is 12.8. The van der Waals surface area contributed by atoms with Crippen LogP contribution in [0.2, 0.25) is 0 Å². The first kappa shape index (κ1) is 35.6. The Kier molecular flexibility index (Phi) is 12.0. The molecule has 0 bridgehead atoms. The zero-order valence-corrected chi connectivity index (χ0v) is 27.3. The van der Waals surface area contributed by atoms with Gasteiger partial charge in [0.2, 0.25) is 24.0 Å². The third kappa shape index (κ3) is 8.55. The van der Waals surface area contributed by atoms with Crippen molar-refractivity contribution in [1.82, 2.24) is 25.7 Å². The van der Waals surface area contributed by atoms with E-state index >= 15 is 0 Å². The van der Waals surface area contributed by atoms with E-state index in [1.165, 1.54) is 0 Å². The number of benzene rings is 1. The summed E-state index contributed by atoms with van der Waals surface area (Å²) in [6.45, 7) is 11.9. The number of carbonyl (C=O) groups is 2. The summed E-state index contributed by atoms with van der Waals surface area (Å²) in [6, 6.07) is 5.71. The second kappa shape index (κ2) is 15.5. The highest BCUT2D eigenvalue weighted by atomic mass is 16.7. The predicted molar refractivity (Wildman–Crippen MR) is 167 cm³/mol. The van der Waals surface area contributed by atoms with Crippen molar-refractivity contribution in [1.29, 1.82) is 0 Å². The van der Waals surface area contributed by atoms with Crippen LogP contribution >= 0.6 is 0 Å². The summed E-state index contributed by atoms with van der Waals surface area (Å²) < 4.78 is 17.3. The summed E-state index contributed by atoms with van der Waals surface area (Å²) in [4.78, 5) is 27.2. The molecule has 7 N–H and O–H groups in total. The molecule has 256 valence electrons. The van der Waals surface area contributed by atoms with Crippen molar-refractivity contribution in [3.05, 3.63) is 40.6 Å². The molecular weight excluding hydrogens is 598 g/mol. The number of nitrogens with one attached hydrogen (secondary N) is 3.